The van der Waals surface area contributed by atoms with Gasteiger partial charge in [0, 0.05) is 30.0 Å². The summed E-state index contributed by atoms with van der Waals surface area (Å²) in [5.41, 5.74) is 3.14. The Balaban J connectivity index is 1.71. The average molecular weight is 347 g/mol. The van der Waals surface area contributed by atoms with Gasteiger partial charge in [-0.3, -0.25) is 9.78 Å². The number of para-hydroxylation sites is 1. The van der Waals surface area contributed by atoms with Crippen LogP contribution in [0.15, 0.2) is 54.9 Å². The molecular formula is C21H21N3O2. The molecule has 1 amide bonds. The van der Waals surface area contributed by atoms with E-state index >= 15 is 0 Å². The van der Waals surface area contributed by atoms with E-state index in [4.69, 9.17) is 9.72 Å². The lowest BCUT2D eigenvalue weighted by Gasteiger charge is -2.20. The van der Waals surface area contributed by atoms with Gasteiger partial charge >= 0.3 is 0 Å². The lowest BCUT2D eigenvalue weighted by molar-refractivity contribution is 0.0713. The zero-order valence-corrected chi connectivity index (χ0v) is 14.7. The van der Waals surface area contributed by atoms with Gasteiger partial charge in [0.15, 0.2) is 0 Å². The van der Waals surface area contributed by atoms with Crippen LogP contribution in [0.5, 0.6) is 0 Å². The third kappa shape index (κ3) is 3.30. The fraction of sp³-hybridized carbons (Fsp3) is 0.286. The molecule has 0 radical (unpaired) electrons. The van der Waals surface area contributed by atoms with Crippen LogP contribution in [0.2, 0.25) is 0 Å². The smallest absolute Gasteiger partial charge is 0.252 e. The second kappa shape index (κ2) is 7.22. The molecule has 2 atom stereocenters. The number of fused-ring (bicyclic) bond motifs is 1. The maximum absolute atomic E-state index is 13.0. The van der Waals surface area contributed by atoms with Crippen molar-refractivity contribution in [3.63, 3.8) is 0 Å². The predicted molar refractivity (Wildman–Crippen MR) is 101 cm³/mol. The number of hydrogen-bond donors (Lipinski definition) is 1. The van der Waals surface area contributed by atoms with Crippen LogP contribution in [0.25, 0.3) is 22.2 Å². The normalized spacial score (nSPS) is 18.0. The van der Waals surface area contributed by atoms with Crippen LogP contribution in [0.1, 0.15) is 30.1 Å². The fourth-order valence-corrected chi connectivity index (χ4v) is 3.41. The van der Waals surface area contributed by atoms with E-state index in [9.17, 15) is 4.79 Å². The lowest BCUT2D eigenvalue weighted by atomic mass is 10.0. The number of rotatable bonds is 4. The molecule has 5 heteroatoms. The molecule has 1 N–H and O–H groups in total. The van der Waals surface area contributed by atoms with E-state index in [1.807, 2.05) is 49.4 Å². The first-order valence-electron chi connectivity index (χ1n) is 8.95. The molecule has 2 aromatic heterocycles. The van der Waals surface area contributed by atoms with Gasteiger partial charge in [-0.2, -0.15) is 0 Å². The van der Waals surface area contributed by atoms with Crippen molar-refractivity contribution in [2.24, 2.45) is 0 Å². The number of pyridine rings is 2. The number of amides is 1. The number of nitrogens with zero attached hydrogens (tertiary/aromatic N) is 2. The van der Waals surface area contributed by atoms with Crippen LogP contribution in [-0.2, 0) is 4.74 Å². The van der Waals surface area contributed by atoms with E-state index in [2.05, 4.69) is 10.3 Å². The first kappa shape index (κ1) is 16.7. The number of aromatic nitrogens is 2. The molecule has 26 heavy (non-hydrogen) atoms. The molecule has 0 aliphatic carbocycles. The van der Waals surface area contributed by atoms with Crippen molar-refractivity contribution in [2.45, 2.75) is 31.9 Å². The maximum atomic E-state index is 13.0. The average Bonchev–Trinajstić information content (AvgIpc) is 3.23. The number of benzene rings is 1. The molecular weight excluding hydrogens is 326 g/mol. The quantitative estimate of drug-likeness (QED) is 0.783. The van der Waals surface area contributed by atoms with Gasteiger partial charge in [0.1, 0.15) is 0 Å². The first-order chi connectivity index (χ1) is 12.7. The summed E-state index contributed by atoms with van der Waals surface area (Å²) in [4.78, 5) is 21.8. The Morgan fingerprint density at radius 2 is 2.04 bits per heavy atom. The largest absolute Gasteiger partial charge is 0.376 e. The van der Waals surface area contributed by atoms with E-state index < -0.39 is 0 Å². The molecule has 3 aromatic rings. The summed E-state index contributed by atoms with van der Waals surface area (Å²) in [7, 11) is 0. The predicted octanol–water partition coefficient (Wildman–Crippen LogP) is 3.59. The summed E-state index contributed by atoms with van der Waals surface area (Å²) in [5, 5.41) is 3.95. The molecule has 2 unspecified atom stereocenters. The van der Waals surface area contributed by atoms with Gasteiger partial charge in [-0.25, -0.2) is 4.98 Å². The summed E-state index contributed by atoms with van der Waals surface area (Å²) in [6.45, 7) is 2.77. The second-order valence-corrected chi connectivity index (χ2v) is 6.62. The molecule has 1 saturated heterocycles. The highest BCUT2D eigenvalue weighted by molar-refractivity contribution is 6.07. The minimum atomic E-state index is -0.0955. The van der Waals surface area contributed by atoms with Crippen LogP contribution in [0, 0.1) is 0 Å². The second-order valence-electron chi connectivity index (χ2n) is 6.62. The maximum Gasteiger partial charge on any atom is 0.252 e. The third-order valence-corrected chi connectivity index (χ3v) is 4.82. The Hall–Kier alpha value is -2.79. The van der Waals surface area contributed by atoms with Gasteiger partial charge in [0.25, 0.3) is 5.91 Å². The summed E-state index contributed by atoms with van der Waals surface area (Å²) >= 11 is 0. The molecule has 1 aliphatic heterocycles. The van der Waals surface area contributed by atoms with Gasteiger partial charge in [-0.05, 0) is 44.0 Å². The molecule has 5 nitrogen and oxygen atoms in total. The Morgan fingerprint density at radius 3 is 2.81 bits per heavy atom. The van der Waals surface area contributed by atoms with E-state index in [0.29, 0.717) is 5.56 Å². The van der Waals surface area contributed by atoms with Crippen LogP contribution in [0.3, 0.4) is 0 Å². The van der Waals surface area contributed by atoms with Gasteiger partial charge in [-0.1, -0.05) is 18.2 Å². The van der Waals surface area contributed by atoms with Crippen LogP contribution < -0.4 is 5.32 Å². The van der Waals surface area contributed by atoms with Crippen molar-refractivity contribution in [1.29, 1.82) is 0 Å². The van der Waals surface area contributed by atoms with Gasteiger partial charge in [-0.15, -0.1) is 0 Å². The van der Waals surface area contributed by atoms with Crippen molar-refractivity contribution in [3.8, 4) is 11.3 Å². The number of carbonyl (C=O) groups is 1. The highest BCUT2D eigenvalue weighted by Gasteiger charge is 2.25. The number of hydrogen-bond acceptors (Lipinski definition) is 4. The zero-order chi connectivity index (χ0) is 17.9. The van der Waals surface area contributed by atoms with E-state index in [0.717, 1.165) is 41.6 Å². The highest BCUT2D eigenvalue weighted by Crippen LogP contribution is 2.25. The minimum absolute atomic E-state index is 0.0266. The Labute approximate surface area is 152 Å². The van der Waals surface area contributed by atoms with E-state index in [1.165, 1.54) is 0 Å². The molecule has 1 aliphatic rings. The fourth-order valence-electron chi connectivity index (χ4n) is 3.41. The Morgan fingerprint density at radius 1 is 1.23 bits per heavy atom. The number of nitrogens with one attached hydrogen (secondary N) is 1. The van der Waals surface area contributed by atoms with Crippen molar-refractivity contribution in [3.05, 3.63) is 60.4 Å². The lowest BCUT2D eigenvalue weighted by Crippen LogP contribution is -2.40. The van der Waals surface area contributed by atoms with Crippen molar-refractivity contribution >= 4 is 16.8 Å². The third-order valence-electron chi connectivity index (χ3n) is 4.82. The molecule has 0 bridgehead atoms. The van der Waals surface area contributed by atoms with Crippen LogP contribution in [0.4, 0.5) is 0 Å². The van der Waals surface area contributed by atoms with Crippen molar-refractivity contribution in [1.82, 2.24) is 15.3 Å². The standard InChI is InChI=1S/C21H21N3O2/c1-14(20-7-4-12-26-20)23-21(25)17-13-19(15-8-10-22-11-9-15)24-18-6-3-2-5-16(17)18/h2-3,5-6,8-11,13-14,20H,4,7,12H2,1H3,(H,23,25). The van der Waals surface area contributed by atoms with Gasteiger partial charge in [0.2, 0.25) is 0 Å². The van der Waals surface area contributed by atoms with E-state index in [-0.39, 0.29) is 18.1 Å². The Bertz CT molecular complexity index is 921. The highest BCUT2D eigenvalue weighted by atomic mass is 16.5. The van der Waals surface area contributed by atoms with Crippen LogP contribution >= 0.6 is 0 Å². The number of ether oxygens (including phenoxy) is 1. The van der Waals surface area contributed by atoms with Crippen molar-refractivity contribution in [2.75, 3.05) is 6.61 Å². The summed E-state index contributed by atoms with van der Waals surface area (Å²) < 4.78 is 5.70. The monoisotopic (exact) mass is 347 g/mol. The number of carbonyl (C=O) groups excluding carboxylic acids is 1. The molecule has 0 saturated carbocycles. The van der Waals surface area contributed by atoms with E-state index in [1.54, 1.807) is 12.4 Å². The van der Waals surface area contributed by atoms with Crippen LogP contribution in [-0.4, -0.2) is 34.6 Å². The molecule has 1 fully saturated rings. The SMILES string of the molecule is CC(NC(=O)c1cc(-c2ccncc2)nc2ccccc12)C1CCCO1. The summed E-state index contributed by atoms with van der Waals surface area (Å²) in [5.74, 6) is -0.0955. The molecule has 3 heterocycles. The molecule has 0 spiro atoms. The first-order valence-corrected chi connectivity index (χ1v) is 8.95. The topological polar surface area (TPSA) is 64.1 Å². The molecule has 1 aromatic carbocycles. The zero-order valence-electron chi connectivity index (χ0n) is 14.7. The minimum Gasteiger partial charge on any atom is -0.376 e. The van der Waals surface area contributed by atoms with Gasteiger partial charge < -0.3 is 10.1 Å². The summed E-state index contributed by atoms with van der Waals surface area (Å²) in [6.07, 6.45) is 5.58. The molecule has 4 rings (SSSR count). The van der Waals surface area contributed by atoms with Gasteiger partial charge in [0.05, 0.1) is 28.9 Å². The summed E-state index contributed by atoms with van der Waals surface area (Å²) in [6, 6.07) is 13.3. The van der Waals surface area contributed by atoms with Crippen molar-refractivity contribution < 1.29 is 9.53 Å². The Kier molecular flexibility index (Phi) is 4.63. The molecule has 132 valence electrons.